The Balaban J connectivity index is 2.02. The van der Waals surface area contributed by atoms with Gasteiger partial charge in [0.05, 0.1) is 30.1 Å². The van der Waals surface area contributed by atoms with Crippen molar-refractivity contribution in [3.63, 3.8) is 0 Å². The van der Waals surface area contributed by atoms with Gasteiger partial charge < -0.3 is 10.1 Å². The van der Waals surface area contributed by atoms with Gasteiger partial charge >= 0.3 is 5.97 Å². The predicted molar refractivity (Wildman–Crippen MR) is 90.5 cm³/mol. The van der Waals surface area contributed by atoms with Crippen LogP contribution in [-0.4, -0.2) is 46.1 Å². The van der Waals surface area contributed by atoms with E-state index in [1.165, 1.54) is 50.0 Å². The summed E-state index contributed by atoms with van der Waals surface area (Å²) in [4.78, 5) is 41.5. The third-order valence-corrected chi connectivity index (χ3v) is 3.03. The molecule has 134 valence electrons. The number of nitro benzene ring substituents is 1. The molecule has 26 heavy (non-hydrogen) atoms. The Morgan fingerprint density at radius 1 is 1.31 bits per heavy atom. The lowest BCUT2D eigenvalue weighted by atomic mass is 10.3. The van der Waals surface area contributed by atoms with E-state index in [-0.39, 0.29) is 11.4 Å². The average molecular weight is 358 g/mol. The molecule has 0 bridgehead atoms. The molecule has 0 spiro atoms. The van der Waals surface area contributed by atoms with Crippen LogP contribution in [0.2, 0.25) is 0 Å². The standard InChI is InChI=1S/C15H14N6O5/c1-26-15(23)13(19-14(22)12-8-16-6-7-17-12)9-18-20-10-2-4-11(5-3-10)21(24)25/h2-9,13,20H,1H3,(H,19,22)/b18-9+. The number of aromatic nitrogens is 2. The fourth-order valence-corrected chi connectivity index (χ4v) is 1.76. The van der Waals surface area contributed by atoms with E-state index in [0.717, 1.165) is 6.21 Å². The summed E-state index contributed by atoms with van der Waals surface area (Å²) < 4.78 is 4.61. The minimum atomic E-state index is -1.17. The molecule has 0 saturated heterocycles. The lowest BCUT2D eigenvalue weighted by molar-refractivity contribution is -0.384. The second-order valence-corrected chi connectivity index (χ2v) is 4.76. The molecule has 1 heterocycles. The highest BCUT2D eigenvalue weighted by Gasteiger charge is 2.21. The van der Waals surface area contributed by atoms with Gasteiger partial charge in [-0.25, -0.2) is 9.78 Å². The first kappa shape index (κ1) is 18.4. The van der Waals surface area contributed by atoms with Crippen molar-refractivity contribution in [1.29, 1.82) is 0 Å². The Labute approximate surface area is 147 Å². The Morgan fingerprint density at radius 2 is 2.04 bits per heavy atom. The molecule has 1 amide bonds. The van der Waals surface area contributed by atoms with Gasteiger partial charge in [0.2, 0.25) is 0 Å². The van der Waals surface area contributed by atoms with Gasteiger partial charge in [0.25, 0.3) is 11.6 Å². The van der Waals surface area contributed by atoms with E-state index in [1.54, 1.807) is 0 Å². The lowest BCUT2D eigenvalue weighted by Crippen LogP contribution is -2.43. The van der Waals surface area contributed by atoms with Gasteiger partial charge in [-0.1, -0.05) is 0 Å². The highest BCUT2D eigenvalue weighted by Crippen LogP contribution is 2.15. The molecule has 11 nitrogen and oxygen atoms in total. The molecule has 0 saturated carbocycles. The molecule has 0 radical (unpaired) electrons. The Morgan fingerprint density at radius 3 is 2.62 bits per heavy atom. The fraction of sp³-hybridized carbons (Fsp3) is 0.133. The smallest absolute Gasteiger partial charge is 0.334 e. The monoisotopic (exact) mass is 358 g/mol. The number of ether oxygens (including phenoxy) is 1. The number of methoxy groups -OCH3 is 1. The molecule has 0 fully saturated rings. The molecule has 1 aromatic heterocycles. The maximum Gasteiger partial charge on any atom is 0.334 e. The van der Waals surface area contributed by atoms with Crippen LogP contribution in [0.25, 0.3) is 0 Å². The van der Waals surface area contributed by atoms with Crippen LogP contribution in [0, 0.1) is 10.1 Å². The minimum absolute atomic E-state index is 0.0260. The number of amides is 1. The summed E-state index contributed by atoms with van der Waals surface area (Å²) in [5, 5.41) is 16.8. The second-order valence-electron chi connectivity index (χ2n) is 4.76. The summed E-state index contributed by atoms with van der Waals surface area (Å²) >= 11 is 0. The van der Waals surface area contributed by atoms with Gasteiger partial charge in [0.15, 0.2) is 6.04 Å². The Kier molecular flexibility index (Phi) is 6.26. The number of nitro groups is 1. The largest absolute Gasteiger partial charge is 0.467 e. The molecule has 11 heteroatoms. The highest BCUT2D eigenvalue weighted by atomic mass is 16.6. The predicted octanol–water partition coefficient (Wildman–Crippen LogP) is 0.754. The van der Waals surface area contributed by atoms with Crippen molar-refractivity contribution in [3.8, 4) is 0 Å². The Hall–Kier alpha value is -3.89. The van der Waals surface area contributed by atoms with Gasteiger partial charge in [0, 0.05) is 24.5 Å². The summed E-state index contributed by atoms with van der Waals surface area (Å²) in [6.07, 6.45) is 5.12. The average Bonchev–Trinajstić information content (AvgIpc) is 2.67. The molecule has 2 N–H and O–H groups in total. The van der Waals surface area contributed by atoms with Crippen LogP contribution in [0.3, 0.4) is 0 Å². The van der Waals surface area contributed by atoms with E-state index in [0.29, 0.717) is 5.69 Å². The van der Waals surface area contributed by atoms with Crippen LogP contribution in [0.1, 0.15) is 10.5 Å². The number of anilines is 1. The first-order valence-corrected chi connectivity index (χ1v) is 7.19. The molecule has 1 aromatic carbocycles. The van der Waals surface area contributed by atoms with Crippen molar-refractivity contribution in [1.82, 2.24) is 15.3 Å². The van der Waals surface area contributed by atoms with Crippen LogP contribution in [0.15, 0.2) is 48.0 Å². The van der Waals surface area contributed by atoms with E-state index >= 15 is 0 Å². The molecule has 0 aliphatic carbocycles. The van der Waals surface area contributed by atoms with Crippen molar-refractivity contribution >= 4 is 29.5 Å². The molecule has 2 rings (SSSR count). The summed E-state index contributed by atoms with van der Waals surface area (Å²) in [6, 6.07) is 4.32. The molecule has 2 aromatic rings. The minimum Gasteiger partial charge on any atom is -0.467 e. The number of hydrazone groups is 1. The second kappa shape index (κ2) is 8.82. The van der Waals surface area contributed by atoms with Crippen molar-refractivity contribution in [2.45, 2.75) is 6.04 Å². The van der Waals surface area contributed by atoms with Crippen LogP contribution < -0.4 is 10.7 Å². The zero-order valence-corrected chi connectivity index (χ0v) is 13.5. The van der Waals surface area contributed by atoms with Crippen LogP contribution in [-0.2, 0) is 9.53 Å². The molecule has 0 aliphatic rings. The summed E-state index contributed by atoms with van der Waals surface area (Å²) in [6.45, 7) is 0. The number of carbonyl (C=O) groups is 2. The lowest BCUT2D eigenvalue weighted by Gasteiger charge is -2.11. The van der Waals surface area contributed by atoms with Crippen molar-refractivity contribution in [2.75, 3.05) is 12.5 Å². The van der Waals surface area contributed by atoms with Crippen LogP contribution in [0.5, 0.6) is 0 Å². The molecule has 1 atom stereocenters. The topological polar surface area (TPSA) is 149 Å². The van der Waals surface area contributed by atoms with Crippen molar-refractivity contribution in [2.24, 2.45) is 5.10 Å². The molecular formula is C15H14N6O5. The van der Waals surface area contributed by atoms with Gasteiger partial charge in [0.1, 0.15) is 5.69 Å². The Bertz CT molecular complexity index is 809. The number of esters is 1. The van der Waals surface area contributed by atoms with E-state index in [1.807, 2.05) is 0 Å². The number of nitrogens with zero attached hydrogens (tertiary/aromatic N) is 4. The SMILES string of the molecule is COC(=O)C(/C=N/Nc1ccc([N+](=O)[O-])cc1)NC(=O)c1cnccn1. The molecule has 0 aliphatic heterocycles. The summed E-state index contributed by atoms with van der Waals surface area (Å²) in [5.74, 6) is -1.37. The number of hydrogen-bond donors (Lipinski definition) is 2. The van der Waals surface area contributed by atoms with Crippen LogP contribution in [0.4, 0.5) is 11.4 Å². The number of nitrogens with one attached hydrogen (secondary N) is 2. The summed E-state index contributed by atoms with van der Waals surface area (Å²) in [5.41, 5.74) is 3.01. The van der Waals surface area contributed by atoms with Crippen LogP contribution >= 0.6 is 0 Å². The normalized spacial score (nSPS) is 11.6. The van der Waals surface area contributed by atoms with Gasteiger partial charge in [-0.2, -0.15) is 5.10 Å². The third kappa shape index (κ3) is 5.06. The maximum atomic E-state index is 12.0. The van der Waals surface area contributed by atoms with E-state index in [9.17, 15) is 19.7 Å². The van der Waals surface area contributed by atoms with Gasteiger partial charge in [-0.3, -0.25) is 25.3 Å². The number of benzene rings is 1. The van der Waals surface area contributed by atoms with Gasteiger partial charge in [-0.15, -0.1) is 0 Å². The zero-order chi connectivity index (χ0) is 18.9. The third-order valence-electron chi connectivity index (χ3n) is 3.03. The number of rotatable bonds is 7. The number of hydrogen-bond acceptors (Lipinski definition) is 9. The maximum absolute atomic E-state index is 12.0. The first-order valence-electron chi connectivity index (χ1n) is 7.19. The van der Waals surface area contributed by atoms with E-state index < -0.39 is 22.8 Å². The fourth-order valence-electron chi connectivity index (χ4n) is 1.76. The van der Waals surface area contributed by atoms with Crippen molar-refractivity contribution < 1.29 is 19.2 Å². The highest BCUT2D eigenvalue weighted by molar-refractivity contribution is 6.02. The summed E-state index contributed by atoms with van der Waals surface area (Å²) in [7, 11) is 1.17. The van der Waals surface area contributed by atoms with E-state index in [4.69, 9.17) is 0 Å². The number of carbonyl (C=O) groups excluding carboxylic acids is 2. The first-order chi connectivity index (χ1) is 12.5. The van der Waals surface area contributed by atoms with E-state index in [2.05, 4.69) is 30.5 Å². The molecular weight excluding hydrogens is 344 g/mol. The zero-order valence-electron chi connectivity index (χ0n) is 13.5. The number of non-ortho nitro benzene ring substituents is 1. The molecule has 1 unspecified atom stereocenters. The van der Waals surface area contributed by atoms with Gasteiger partial charge in [-0.05, 0) is 12.1 Å². The van der Waals surface area contributed by atoms with Crippen molar-refractivity contribution in [3.05, 3.63) is 58.7 Å². The quantitative estimate of drug-likeness (QED) is 0.319.